The summed E-state index contributed by atoms with van der Waals surface area (Å²) in [6, 6.07) is 9.97. The second-order valence-corrected chi connectivity index (χ2v) is 7.99. The number of nitrogens with zero attached hydrogens (tertiary/aromatic N) is 1. The molecule has 10 nitrogen and oxygen atoms in total. The molecule has 2 rings (SSSR count). The van der Waals surface area contributed by atoms with Crippen molar-refractivity contribution in [3.63, 3.8) is 0 Å². The van der Waals surface area contributed by atoms with E-state index in [9.17, 15) is 29.5 Å². The van der Waals surface area contributed by atoms with Gasteiger partial charge in [-0.3, -0.25) is 24.4 Å². The van der Waals surface area contributed by atoms with Gasteiger partial charge in [-0.1, -0.05) is 44.4 Å². The van der Waals surface area contributed by atoms with Crippen LogP contribution in [-0.2, 0) is 14.4 Å². The van der Waals surface area contributed by atoms with E-state index in [1.807, 2.05) is 6.92 Å². The van der Waals surface area contributed by atoms with Gasteiger partial charge in [-0.2, -0.15) is 0 Å². The summed E-state index contributed by atoms with van der Waals surface area (Å²) >= 11 is 0. The number of carboxylic acid groups (broad SMARTS) is 1. The van der Waals surface area contributed by atoms with Crippen molar-refractivity contribution in [2.75, 3.05) is 13.2 Å². The molecular formula is C24H31N3O7. The average molecular weight is 474 g/mol. The molecule has 1 heterocycles. The van der Waals surface area contributed by atoms with E-state index in [2.05, 4.69) is 10.6 Å². The van der Waals surface area contributed by atoms with Crippen LogP contribution in [0.4, 0.5) is 0 Å². The molecule has 184 valence electrons. The van der Waals surface area contributed by atoms with Crippen molar-refractivity contribution in [2.45, 2.75) is 45.4 Å². The highest BCUT2D eigenvalue weighted by Crippen LogP contribution is 2.26. The number of hydrogen-bond acceptors (Lipinski definition) is 6. The maximum atomic E-state index is 12.4. The summed E-state index contributed by atoms with van der Waals surface area (Å²) < 4.78 is 5.61. The van der Waals surface area contributed by atoms with Crippen LogP contribution in [0.15, 0.2) is 40.8 Å². The molecule has 2 atom stereocenters. The van der Waals surface area contributed by atoms with Crippen LogP contribution < -0.4 is 10.6 Å². The van der Waals surface area contributed by atoms with Crippen LogP contribution in [0.25, 0.3) is 11.3 Å². The first kappa shape index (κ1) is 26.6. The van der Waals surface area contributed by atoms with Gasteiger partial charge in [-0.25, -0.2) is 5.06 Å². The summed E-state index contributed by atoms with van der Waals surface area (Å²) in [7, 11) is 0. The molecule has 1 aromatic carbocycles. The lowest BCUT2D eigenvalue weighted by molar-refractivity contribution is -0.154. The van der Waals surface area contributed by atoms with Crippen LogP contribution in [0.1, 0.15) is 61.6 Å². The Kier molecular flexibility index (Phi) is 10.3. The molecule has 0 bridgehead atoms. The minimum absolute atomic E-state index is 0.0305. The first-order valence-corrected chi connectivity index (χ1v) is 11.2. The molecule has 0 aliphatic heterocycles. The number of unbranched alkanes of at least 4 members (excludes halogenated alkanes) is 2. The lowest BCUT2D eigenvalue weighted by atomic mass is 9.98. The lowest BCUT2D eigenvalue weighted by Gasteiger charge is -2.19. The number of hydroxylamine groups is 2. The molecule has 2 aromatic rings. The van der Waals surface area contributed by atoms with Gasteiger partial charge in [0.2, 0.25) is 12.3 Å². The highest BCUT2D eigenvalue weighted by molar-refractivity contribution is 5.92. The Bertz CT molecular complexity index is 988. The predicted octanol–water partition coefficient (Wildman–Crippen LogP) is 2.98. The van der Waals surface area contributed by atoms with Gasteiger partial charge < -0.3 is 20.2 Å². The van der Waals surface area contributed by atoms with Crippen LogP contribution in [0, 0.1) is 5.92 Å². The number of rotatable bonds is 14. The Hall–Kier alpha value is -3.66. The number of carbonyl (C=O) groups excluding carboxylic acids is 3. The van der Waals surface area contributed by atoms with Crippen molar-refractivity contribution in [2.24, 2.45) is 5.92 Å². The quantitative estimate of drug-likeness (QED) is 0.108. The first-order valence-electron chi connectivity index (χ1n) is 11.2. The van der Waals surface area contributed by atoms with E-state index < -0.39 is 23.7 Å². The van der Waals surface area contributed by atoms with Gasteiger partial charge in [0.15, 0.2) is 5.76 Å². The molecule has 0 fully saturated rings. The number of carbonyl (C=O) groups is 4. The molecule has 0 spiro atoms. The number of amides is 3. The van der Waals surface area contributed by atoms with Crippen LogP contribution >= 0.6 is 0 Å². The zero-order chi connectivity index (χ0) is 25.1. The van der Waals surface area contributed by atoms with Crippen LogP contribution in [0.5, 0.6) is 0 Å². The molecule has 2 unspecified atom stereocenters. The van der Waals surface area contributed by atoms with E-state index in [0.29, 0.717) is 28.4 Å². The van der Waals surface area contributed by atoms with Crippen molar-refractivity contribution in [3.8, 4) is 11.3 Å². The van der Waals surface area contributed by atoms with Crippen LogP contribution in [0.2, 0.25) is 0 Å². The fourth-order valence-corrected chi connectivity index (χ4v) is 3.38. The predicted molar refractivity (Wildman–Crippen MR) is 123 cm³/mol. The third-order valence-electron chi connectivity index (χ3n) is 5.44. The maximum Gasteiger partial charge on any atom is 0.310 e. The topological polar surface area (TPSA) is 149 Å². The summed E-state index contributed by atoms with van der Waals surface area (Å²) in [5, 5.41) is 24.2. The zero-order valence-corrected chi connectivity index (χ0v) is 19.3. The Morgan fingerprint density at radius 1 is 1.15 bits per heavy atom. The third-order valence-corrected chi connectivity index (χ3v) is 5.44. The third kappa shape index (κ3) is 7.73. The minimum atomic E-state index is -0.941. The van der Waals surface area contributed by atoms with Gasteiger partial charge in [-0.05, 0) is 37.1 Å². The fourth-order valence-electron chi connectivity index (χ4n) is 3.38. The van der Waals surface area contributed by atoms with E-state index >= 15 is 0 Å². The molecule has 0 radical (unpaired) electrons. The SMILES string of the molecule is CCCCCC(CN(O)C=O)C(=O)NCNC(=O)c1ccc(-c2cccc(C(C)C(=O)O)c2)o1. The molecule has 10 heteroatoms. The van der Waals surface area contributed by atoms with Gasteiger partial charge in [0.1, 0.15) is 5.76 Å². The molecule has 34 heavy (non-hydrogen) atoms. The number of benzene rings is 1. The second-order valence-electron chi connectivity index (χ2n) is 7.99. The van der Waals surface area contributed by atoms with Crippen LogP contribution in [-0.4, -0.2) is 52.8 Å². The zero-order valence-electron chi connectivity index (χ0n) is 19.3. The largest absolute Gasteiger partial charge is 0.481 e. The van der Waals surface area contributed by atoms with Gasteiger partial charge in [0, 0.05) is 5.56 Å². The van der Waals surface area contributed by atoms with Gasteiger partial charge in [-0.15, -0.1) is 0 Å². The Labute approximate surface area is 197 Å². The smallest absolute Gasteiger partial charge is 0.310 e. The number of aliphatic carboxylic acids is 1. The molecular weight excluding hydrogens is 442 g/mol. The normalized spacial score (nSPS) is 12.4. The molecule has 0 aliphatic rings. The second kappa shape index (κ2) is 13.1. The number of hydrogen-bond donors (Lipinski definition) is 4. The van der Waals surface area contributed by atoms with Gasteiger partial charge >= 0.3 is 5.97 Å². The van der Waals surface area contributed by atoms with E-state index in [-0.39, 0.29) is 31.3 Å². The van der Waals surface area contributed by atoms with Crippen LogP contribution in [0.3, 0.4) is 0 Å². The van der Waals surface area contributed by atoms with Crippen molar-refractivity contribution in [1.29, 1.82) is 0 Å². The fraction of sp³-hybridized carbons (Fsp3) is 0.417. The summed E-state index contributed by atoms with van der Waals surface area (Å²) in [5.41, 5.74) is 1.25. The molecule has 3 amide bonds. The van der Waals surface area contributed by atoms with E-state index in [0.717, 1.165) is 19.3 Å². The minimum Gasteiger partial charge on any atom is -0.481 e. The summed E-state index contributed by atoms with van der Waals surface area (Å²) in [6.07, 6.45) is 3.41. The van der Waals surface area contributed by atoms with Crippen molar-refractivity contribution < 1.29 is 33.9 Å². The van der Waals surface area contributed by atoms with Gasteiger partial charge in [0.25, 0.3) is 5.91 Å². The average Bonchev–Trinajstić information content (AvgIpc) is 3.33. The highest BCUT2D eigenvalue weighted by atomic mass is 16.5. The molecule has 0 saturated carbocycles. The number of nitrogens with one attached hydrogen (secondary N) is 2. The van der Waals surface area contributed by atoms with Crippen molar-refractivity contribution in [3.05, 3.63) is 47.7 Å². The first-order chi connectivity index (χ1) is 16.3. The molecule has 0 aliphatic carbocycles. The Morgan fingerprint density at radius 3 is 2.59 bits per heavy atom. The van der Waals surface area contributed by atoms with Gasteiger partial charge in [0.05, 0.1) is 25.0 Å². The summed E-state index contributed by atoms with van der Waals surface area (Å²) in [6.45, 7) is 3.33. The Morgan fingerprint density at radius 2 is 1.91 bits per heavy atom. The van der Waals surface area contributed by atoms with E-state index in [1.54, 1.807) is 37.3 Å². The highest BCUT2D eigenvalue weighted by Gasteiger charge is 2.21. The standard InChI is InChI=1S/C24H31N3O7/c1-3-4-5-7-19(13-27(33)15-28)22(29)25-14-26-23(30)21-11-10-20(34-21)18-9-6-8-17(12-18)16(2)24(31)32/h6,8-12,15-16,19,33H,3-5,7,13-14H2,1-2H3,(H,25,29)(H,26,30)(H,31,32). The maximum absolute atomic E-state index is 12.4. The van der Waals surface area contributed by atoms with Crippen molar-refractivity contribution in [1.82, 2.24) is 15.7 Å². The summed E-state index contributed by atoms with van der Waals surface area (Å²) in [4.78, 5) is 46.8. The lowest BCUT2D eigenvalue weighted by Crippen LogP contribution is -2.42. The molecule has 4 N–H and O–H groups in total. The molecule has 1 aromatic heterocycles. The summed E-state index contributed by atoms with van der Waals surface area (Å²) in [5.74, 6) is -2.72. The Balaban J connectivity index is 1.94. The van der Waals surface area contributed by atoms with E-state index in [4.69, 9.17) is 4.42 Å². The number of carboxylic acids is 1. The monoisotopic (exact) mass is 473 g/mol. The number of furan rings is 1. The van der Waals surface area contributed by atoms with Crippen molar-refractivity contribution >= 4 is 24.2 Å². The molecule has 0 saturated heterocycles. The van der Waals surface area contributed by atoms with E-state index in [1.165, 1.54) is 6.07 Å².